The molecule has 1 amide bonds. The Bertz CT molecular complexity index is 418. The van der Waals surface area contributed by atoms with Gasteiger partial charge in [-0.15, -0.1) is 11.3 Å². The lowest BCUT2D eigenvalue weighted by atomic mass is 10.3. The zero-order chi connectivity index (χ0) is 9.26. The van der Waals surface area contributed by atoms with Crippen molar-refractivity contribution in [2.45, 2.75) is 0 Å². The van der Waals surface area contributed by atoms with E-state index in [1.165, 1.54) is 11.3 Å². The summed E-state index contributed by atoms with van der Waals surface area (Å²) in [5, 5.41) is 6.63. The predicted octanol–water partition coefficient (Wildman–Crippen LogP) is 1.24. The Balaban J connectivity index is 2.39. The number of amides is 1. The zero-order valence-electron chi connectivity index (χ0n) is 6.65. The van der Waals surface area contributed by atoms with Crippen LogP contribution >= 0.6 is 11.3 Å². The molecule has 66 valence electrons. The molecule has 0 radical (unpaired) electrons. The predicted molar refractivity (Wildman–Crippen MR) is 50.4 cm³/mol. The van der Waals surface area contributed by atoms with E-state index in [1.807, 2.05) is 12.1 Å². The Labute approximate surface area is 78.4 Å². The van der Waals surface area contributed by atoms with Gasteiger partial charge in [-0.3, -0.25) is 9.89 Å². The fraction of sp³-hybridized carbons (Fsp3) is 0. The normalized spacial score (nSPS) is 10.2. The second-order valence-corrected chi connectivity index (χ2v) is 3.58. The van der Waals surface area contributed by atoms with Crippen LogP contribution in [0.2, 0.25) is 0 Å². The molecule has 2 aromatic heterocycles. The van der Waals surface area contributed by atoms with Gasteiger partial charge in [0.15, 0.2) is 0 Å². The Hall–Kier alpha value is -1.62. The van der Waals surface area contributed by atoms with E-state index < -0.39 is 5.91 Å². The van der Waals surface area contributed by atoms with Gasteiger partial charge in [-0.1, -0.05) is 0 Å². The summed E-state index contributed by atoms with van der Waals surface area (Å²) >= 11 is 1.35. The van der Waals surface area contributed by atoms with E-state index >= 15 is 0 Å². The van der Waals surface area contributed by atoms with Crippen molar-refractivity contribution in [2.24, 2.45) is 5.73 Å². The summed E-state index contributed by atoms with van der Waals surface area (Å²) in [4.78, 5) is 12.3. The van der Waals surface area contributed by atoms with Crippen LogP contribution < -0.4 is 5.73 Å². The molecule has 4 nitrogen and oxygen atoms in total. The number of nitrogens with zero attached hydrogens (tertiary/aromatic N) is 1. The first-order valence-electron chi connectivity index (χ1n) is 3.67. The molecule has 0 spiro atoms. The minimum atomic E-state index is -0.393. The highest BCUT2D eigenvalue weighted by atomic mass is 32.1. The third-order valence-corrected chi connectivity index (χ3v) is 2.75. The molecule has 2 heterocycles. The molecule has 5 heteroatoms. The first kappa shape index (κ1) is 8.00. The number of nitrogens with one attached hydrogen (secondary N) is 1. The van der Waals surface area contributed by atoms with Crippen LogP contribution in [0.3, 0.4) is 0 Å². The molecule has 2 aromatic rings. The molecule has 0 aliphatic rings. The van der Waals surface area contributed by atoms with Gasteiger partial charge in [0.2, 0.25) is 0 Å². The number of carbonyl (C=O) groups excluding carboxylic acids is 1. The molecule has 0 atom stereocenters. The maximum atomic E-state index is 10.8. The molecular weight excluding hydrogens is 186 g/mol. The number of primary amides is 1. The summed E-state index contributed by atoms with van der Waals surface area (Å²) in [5.41, 5.74) is 6.03. The lowest BCUT2D eigenvalue weighted by molar-refractivity contribution is 0.100. The van der Waals surface area contributed by atoms with E-state index in [-0.39, 0.29) is 0 Å². The molecule has 0 aliphatic heterocycles. The highest BCUT2D eigenvalue weighted by Crippen LogP contribution is 2.25. The van der Waals surface area contributed by atoms with Crippen LogP contribution in [0.15, 0.2) is 24.4 Å². The summed E-state index contributed by atoms with van der Waals surface area (Å²) < 4.78 is 0. The smallest absolute Gasteiger partial charge is 0.258 e. The fourth-order valence-corrected chi connectivity index (χ4v) is 1.84. The first-order valence-corrected chi connectivity index (χ1v) is 4.48. The van der Waals surface area contributed by atoms with Gasteiger partial charge >= 0.3 is 0 Å². The average Bonchev–Trinajstić information content (AvgIpc) is 2.75. The second kappa shape index (κ2) is 3.02. The van der Waals surface area contributed by atoms with E-state index in [1.54, 1.807) is 12.3 Å². The minimum Gasteiger partial charge on any atom is -0.365 e. The van der Waals surface area contributed by atoms with Gasteiger partial charge in [0.1, 0.15) is 0 Å². The zero-order valence-corrected chi connectivity index (χ0v) is 7.47. The molecule has 0 aliphatic carbocycles. The van der Waals surface area contributed by atoms with Crippen molar-refractivity contribution in [3.8, 4) is 10.6 Å². The summed E-state index contributed by atoms with van der Waals surface area (Å²) in [5.74, 6) is -0.393. The van der Waals surface area contributed by atoms with Gasteiger partial charge in [-0.2, -0.15) is 5.10 Å². The molecule has 0 saturated heterocycles. The van der Waals surface area contributed by atoms with Gasteiger partial charge in [0.25, 0.3) is 5.91 Å². The highest BCUT2D eigenvalue weighted by Gasteiger charge is 2.06. The molecule has 0 bridgehead atoms. The van der Waals surface area contributed by atoms with Crippen LogP contribution in [0.5, 0.6) is 0 Å². The summed E-state index contributed by atoms with van der Waals surface area (Å²) in [6, 6.07) is 5.40. The van der Waals surface area contributed by atoms with E-state index in [0.717, 1.165) is 10.6 Å². The van der Waals surface area contributed by atoms with Crippen LogP contribution in [0.4, 0.5) is 0 Å². The van der Waals surface area contributed by atoms with Crippen LogP contribution in [0.25, 0.3) is 10.6 Å². The Morgan fingerprint density at radius 1 is 1.46 bits per heavy atom. The van der Waals surface area contributed by atoms with E-state index in [9.17, 15) is 4.79 Å². The molecule has 0 aromatic carbocycles. The summed E-state index contributed by atoms with van der Waals surface area (Å²) in [7, 11) is 0. The highest BCUT2D eigenvalue weighted by molar-refractivity contribution is 7.17. The number of thiophene rings is 1. The SMILES string of the molecule is NC(=O)c1ccc(-c2ccn[nH]2)s1. The largest absolute Gasteiger partial charge is 0.365 e. The van der Waals surface area contributed by atoms with Gasteiger partial charge in [-0.25, -0.2) is 0 Å². The molecule has 0 saturated carbocycles. The van der Waals surface area contributed by atoms with Crippen molar-refractivity contribution < 1.29 is 4.79 Å². The molecule has 0 fully saturated rings. The maximum absolute atomic E-state index is 10.8. The third-order valence-electron chi connectivity index (χ3n) is 1.62. The molecule has 2 rings (SSSR count). The Kier molecular flexibility index (Phi) is 1.86. The standard InChI is InChI=1S/C8H7N3OS/c9-8(12)7-2-1-6(13-7)5-3-4-10-11-5/h1-4H,(H2,9,12)(H,10,11). The number of aromatic nitrogens is 2. The quantitative estimate of drug-likeness (QED) is 0.753. The van der Waals surface area contributed by atoms with Gasteiger partial charge < -0.3 is 5.73 Å². The number of hydrogen-bond donors (Lipinski definition) is 2. The monoisotopic (exact) mass is 193 g/mol. The maximum Gasteiger partial charge on any atom is 0.258 e. The van der Waals surface area contributed by atoms with Crippen LogP contribution in [-0.2, 0) is 0 Å². The summed E-state index contributed by atoms with van der Waals surface area (Å²) in [6.45, 7) is 0. The fourth-order valence-electron chi connectivity index (χ4n) is 1.01. The van der Waals surface area contributed by atoms with Crippen molar-refractivity contribution in [3.63, 3.8) is 0 Å². The second-order valence-electron chi connectivity index (χ2n) is 2.50. The summed E-state index contributed by atoms with van der Waals surface area (Å²) in [6.07, 6.45) is 1.67. The van der Waals surface area contributed by atoms with Crippen molar-refractivity contribution in [1.29, 1.82) is 0 Å². The van der Waals surface area contributed by atoms with Crippen molar-refractivity contribution in [1.82, 2.24) is 10.2 Å². The van der Waals surface area contributed by atoms with Crippen LogP contribution in [0.1, 0.15) is 9.67 Å². The molecule has 13 heavy (non-hydrogen) atoms. The minimum absolute atomic E-state index is 0.393. The number of carbonyl (C=O) groups is 1. The van der Waals surface area contributed by atoms with Gasteiger partial charge in [-0.05, 0) is 18.2 Å². The number of aromatic amines is 1. The lowest BCUT2D eigenvalue weighted by Crippen LogP contribution is -2.07. The van der Waals surface area contributed by atoms with E-state index in [2.05, 4.69) is 10.2 Å². The van der Waals surface area contributed by atoms with Crippen LogP contribution in [0, 0.1) is 0 Å². The number of nitrogens with two attached hydrogens (primary N) is 1. The average molecular weight is 193 g/mol. The van der Waals surface area contributed by atoms with E-state index in [0.29, 0.717) is 4.88 Å². The lowest BCUT2D eigenvalue weighted by Gasteiger charge is -1.87. The van der Waals surface area contributed by atoms with Crippen LogP contribution in [-0.4, -0.2) is 16.1 Å². The number of hydrogen-bond acceptors (Lipinski definition) is 3. The van der Waals surface area contributed by atoms with Crippen molar-refractivity contribution in [2.75, 3.05) is 0 Å². The van der Waals surface area contributed by atoms with E-state index in [4.69, 9.17) is 5.73 Å². The molecular formula is C8H7N3OS. The first-order chi connectivity index (χ1) is 6.27. The van der Waals surface area contributed by atoms with Gasteiger partial charge in [0.05, 0.1) is 15.4 Å². The Morgan fingerprint density at radius 2 is 2.31 bits per heavy atom. The van der Waals surface area contributed by atoms with Crippen molar-refractivity contribution in [3.05, 3.63) is 29.3 Å². The third kappa shape index (κ3) is 1.46. The molecule has 0 unspecified atom stereocenters. The topological polar surface area (TPSA) is 71.8 Å². The number of H-pyrrole nitrogens is 1. The Morgan fingerprint density at radius 3 is 2.85 bits per heavy atom. The van der Waals surface area contributed by atoms with Gasteiger partial charge in [0, 0.05) is 6.20 Å². The number of rotatable bonds is 2. The molecule has 3 N–H and O–H groups in total. The van der Waals surface area contributed by atoms with Crippen molar-refractivity contribution >= 4 is 17.2 Å².